The van der Waals surface area contributed by atoms with Gasteiger partial charge in [0.2, 0.25) is 0 Å². The van der Waals surface area contributed by atoms with Crippen LogP contribution >= 0.6 is 0 Å². The van der Waals surface area contributed by atoms with Crippen molar-refractivity contribution in [3.05, 3.63) is 48.3 Å². The number of para-hydroxylation sites is 1. The highest BCUT2D eigenvalue weighted by atomic mass is 16.5. The highest BCUT2D eigenvalue weighted by Crippen LogP contribution is 2.14. The number of aromatic nitrogens is 2. The summed E-state index contributed by atoms with van der Waals surface area (Å²) in [5, 5.41) is 13.6. The molecule has 1 aromatic carbocycles. The van der Waals surface area contributed by atoms with Crippen molar-refractivity contribution in [1.29, 1.82) is 0 Å². The van der Waals surface area contributed by atoms with Gasteiger partial charge in [0.25, 0.3) is 5.91 Å². The molecule has 0 radical (unpaired) electrons. The van der Waals surface area contributed by atoms with E-state index in [1.807, 2.05) is 30.3 Å². The number of nitrogens with zero attached hydrogens (tertiary/aromatic N) is 3. The van der Waals surface area contributed by atoms with Gasteiger partial charge in [0, 0.05) is 12.7 Å². The Hall–Kier alpha value is -2.18. The monoisotopic (exact) mass is 287 g/mol. The van der Waals surface area contributed by atoms with Gasteiger partial charge >= 0.3 is 0 Å². The number of carbonyl (C=O) groups is 1. The second-order valence-electron chi connectivity index (χ2n) is 4.92. The van der Waals surface area contributed by atoms with Gasteiger partial charge in [-0.25, -0.2) is 4.68 Å². The van der Waals surface area contributed by atoms with Crippen LogP contribution in [0, 0.1) is 0 Å². The zero-order valence-corrected chi connectivity index (χ0v) is 11.6. The zero-order valence-electron chi connectivity index (χ0n) is 11.6. The van der Waals surface area contributed by atoms with Crippen LogP contribution in [0.5, 0.6) is 0 Å². The van der Waals surface area contributed by atoms with E-state index in [9.17, 15) is 9.90 Å². The second-order valence-corrected chi connectivity index (χ2v) is 4.92. The minimum absolute atomic E-state index is 0.0986. The van der Waals surface area contributed by atoms with E-state index in [0.29, 0.717) is 25.3 Å². The molecule has 1 fully saturated rings. The van der Waals surface area contributed by atoms with E-state index in [1.54, 1.807) is 22.0 Å². The maximum absolute atomic E-state index is 12.5. The van der Waals surface area contributed by atoms with Gasteiger partial charge in [0.05, 0.1) is 43.3 Å². The first-order valence-electron chi connectivity index (χ1n) is 6.89. The minimum Gasteiger partial charge on any atom is -0.394 e. The molecule has 1 aromatic heterocycles. The second kappa shape index (κ2) is 6.07. The first-order valence-corrected chi connectivity index (χ1v) is 6.89. The average molecular weight is 287 g/mol. The fraction of sp³-hybridized carbons (Fsp3) is 0.333. The normalized spacial score (nSPS) is 18.7. The number of amides is 1. The van der Waals surface area contributed by atoms with Gasteiger partial charge in [0.1, 0.15) is 0 Å². The molecule has 1 saturated heterocycles. The molecule has 0 aliphatic carbocycles. The Labute approximate surface area is 122 Å². The van der Waals surface area contributed by atoms with Gasteiger partial charge in [-0.05, 0) is 12.1 Å². The third-order valence-corrected chi connectivity index (χ3v) is 3.55. The Balaban J connectivity index is 1.81. The van der Waals surface area contributed by atoms with Gasteiger partial charge in [0.15, 0.2) is 0 Å². The molecule has 110 valence electrons. The molecule has 1 atom stereocenters. The van der Waals surface area contributed by atoms with Crippen molar-refractivity contribution >= 4 is 5.91 Å². The zero-order chi connectivity index (χ0) is 14.7. The minimum atomic E-state index is -0.286. The fourth-order valence-electron chi connectivity index (χ4n) is 2.39. The van der Waals surface area contributed by atoms with Crippen LogP contribution in [0.4, 0.5) is 0 Å². The van der Waals surface area contributed by atoms with Crippen molar-refractivity contribution in [1.82, 2.24) is 14.7 Å². The van der Waals surface area contributed by atoms with E-state index in [0.717, 1.165) is 5.69 Å². The number of aliphatic hydroxyl groups excluding tert-OH is 1. The topological polar surface area (TPSA) is 67.6 Å². The van der Waals surface area contributed by atoms with Crippen LogP contribution in [-0.2, 0) is 4.74 Å². The van der Waals surface area contributed by atoms with E-state index >= 15 is 0 Å². The summed E-state index contributed by atoms with van der Waals surface area (Å²) in [5.74, 6) is -0.125. The number of carbonyl (C=O) groups excluding carboxylic acids is 1. The van der Waals surface area contributed by atoms with Crippen molar-refractivity contribution < 1.29 is 14.6 Å². The standard InChI is InChI=1S/C15H17N3O3/c19-10-14-11-21-7-6-17(14)15(20)12-8-16-18(9-12)13-4-2-1-3-5-13/h1-5,8-9,14,19H,6-7,10-11H2. The first kappa shape index (κ1) is 13.8. The molecule has 21 heavy (non-hydrogen) atoms. The molecule has 6 nitrogen and oxygen atoms in total. The molecular weight excluding hydrogens is 270 g/mol. The van der Waals surface area contributed by atoms with Gasteiger partial charge in [-0.15, -0.1) is 0 Å². The lowest BCUT2D eigenvalue weighted by atomic mass is 10.2. The van der Waals surface area contributed by atoms with Gasteiger partial charge < -0.3 is 14.7 Å². The van der Waals surface area contributed by atoms with Crippen molar-refractivity contribution in [2.75, 3.05) is 26.4 Å². The van der Waals surface area contributed by atoms with E-state index < -0.39 is 0 Å². The molecule has 3 rings (SSSR count). The number of aliphatic hydroxyl groups is 1. The SMILES string of the molecule is O=C(c1cnn(-c2ccccc2)c1)N1CCOCC1CO. The summed E-state index contributed by atoms with van der Waals surface area (Å²) >= 11 is 0. The molecule has 2 heterocycles. The van der Waals surface area contributed by atoms with Crippen LogP contribution in [0.15, 0.2) is 42.7 Å². The number of ether oxygens (including phenoxy) is 1. The molecule has 1 N–H and O–H groups in total. The maximum atomic E-state index is 12.5. The summed E-state index contributed by atoms with van der Waals surface area (Å²) in [7, 11) is 0. The van der Waals surface area contributed by atoms with Crippen molar-refractivity contribution in [3.63, 3.8) is 0 Å². The lowest BCUT2D eigenvalue weighted by molar-refractivity contribution is -0.0183. The van der Waals surface area contributed by atoms with Crippen LogP contribution in [0.1, 0.15) is 10.4 Å². The fourth-order valence-corrected chi connectivity index (χ4v) is 2.39. The Morgan fingerprint density at radius 1 is 1.38 bits per heavy atom. The van der Waals surface area contributed by atoms with Gasteiger partial charge in [-0.1, -0.05) is 18.2 Å². The van der Waals surface area contributed by atoms with Crippen LogP contribution in [0.3, 0.4) is 0 Å². The van der Waals surface area contributed by atoms with Crippen LogP contribution < -0.4 is 0 Å². The summed E-state index contributed by atoms with van der Waals surface area (Å²) < 4.78 is 6.96. The quantitative estimate of drug-likeness (QED) is 0.902. The first-order chi connectivity index (χ1) is 10.3. The molecule has 0 spiro atoms. The van der Waals surface area contributed by atoms with Crippen molar-refractivity contribution in [2.45, 2.75) is 6.04 Å². The summed E-state index contributed by atoms with van der Waals surface area (Å²) in [6.45, 7) is 1.25. The maximum Gasteiger partial charge on any atom is 0.257 e. The third-order valence-electron chi connectivity index (χ3n) is 3.55. The number of benzene rings is 1. The number of hydrogen-bond donors (Lipinski definition) is 1. The molecule has 1 aliphatic heterocycles. The summed E-state index contributed by atoms with van der Waals surface area (Å²) in [5.41, 5.74) is 1.41. The number of rotatable bonds is 3. The largest absolute Gasteiger partial charge is 0.394 e. The number of hydrogen-bond acceptors (Lipinski definition) is 4. The third kappa shape index (κ3) is 2.81. The van der Waals surface area contributed by atoms with E-state index in [-0.39, 0.29) is 18.6 Å². The van der Waals surface area contributed by atoms with Crippen LogP contribution in [0.25, 0.3) is 5.69 Å². The molecular formula is C15H17N3O3. The van der Waals surface area contributed by atoms with Crippen LogP contribution in [-0.4, -0.2) is 58.1 Å². The summed E-state index contributed by atoms with van der Waals surface area (Å²) in [4.78, 5) is 14.2. The Morgan fingerprint density at radius 3 is 2.95 bits per heavy atom. The lowest BCUT2D eigenvalue weighted by Crippen LogP contribution is -2.50. The summed E-state index contributed by atoms with van der Waals surface area (Å²) in [6.07, 6.45) is 3.26. The Bertz CT molecular complexity index is 612. The van der Waals surface area contributed by atoms with E-state index in [1.165, 1.54) is 0 Å². The predicted octanol–water partition coefficient (Wildman–Crippen LogP) is 0.706. The number of morpholine rings is 1. The average Bonchev–Trinajstić information content (AvgIpc) is 3.05. The predicted molar refractivity (Wildman–Crippen MR) is 76.3 cm³/mol. The Morgan fingerprint density at radius 2 is 2.19 bits per heavy atom. The molecule has 6 heteroatoms. The molecule has 0 saturated carbocycles. The van der Waals surface area contributed by atoms with Crippen LogP contribution in [0.2, 0.25) is 0 Å². The summed E-state index contributed by atoms with van der Waals surface area (Å²) in [6, 6.07) is 9.33. The van der Waals surface area contributed by atoms with E-state index in [4.69, 9.17) is 4.74 Å². The smallest absolute Gasteiger partial charge is 0.257 e. The Kier molecular flexibility index (Phi) is 3.98. The molecule has 2 aromatic rings. The molecule has 0 bridgehead atoms. The van der Waals surface area contributed by atoms with Crippen molar-refractivity contribution in [2.24, 2.45) is 0 Å². The van der Waals surface area contributed by atoms with Crippen molar-refractivity contribution in [3.8, 4) is 5.69 Å². The van der Waals surface area contributed by atoms with Gasteiger partial charge in [-0.2, -0.15) is 5.10 Å². The van der Waals surface area contributed by atoms with E-state index in [2.05, 4.69) is 5.10 Å². The molecule has 1 amide bonds. The lowest BCUT2D eigenvalue weighted by Gasteiger charge is -2.34. The highest BCUT2D eigenvalue weighted by Gasteiger charge is 2.28. The molecule has 1 unspecified atom stereocenters. The molecule has 1 aliphatic rings. The van der Waals surface area contributed by atoms with Gasteiger partial charge in [-0.3, -0.25) is 4.79 Å². The highest BCUT2D eigenvalue weighted by molar-refractivity contribution is 5.94.